The molecule has 4 rings (SSSR count). The van der Waals surface area contributed by atoms with Gasteiger partial charge in [-0.15, -0.1) is 15.3 Å². The second-order valence-electron chi connectivity index (χ2n) is 7.14. The van der Waals surface area contributed by atoms with Gasteiger partial charge in [-0.25, -0.2) is 0 Å². The molecule has 142 valence electrons. The number of piperidine rings is 1. The maximum absolute atomic E-state index is 11.8. The zero-order chi connectivity index (χ0) is 18.8. The second-order valence-corrected chi connectivity index (χ2v) is 7.14. The predicted molar refractivity (Wildman–Crippen MR) is 102 cm³/mol. The molecule has 0 bridgehead atoms. The van der Waals surface area contributed by atoms with Gasteiger partial charge >= 0.3 is 0 Å². The first kappa shape index (κ1) is 17.6. The van der Waals surface area contributed by atoms with Crippen LogP contribution in [0.15, 0.2) is 35.5 Å². The Hall–Kier alpha value is -2.81. The molecule has 0 atom stereocenters. The van der Waals surface area contributed by atoms with Crippen LogP contribution in [0.1, 0.15) is 24.6 Å². The van der Waals surface area contributed by atoms with Gasteiger partial charge in [0.1, 0.15) is 5.82 Å². The van der Waals surface area contributed by atoms with E-state index in [1.54, 1.807) is 17.0 Å². The number of likely N-dealkylation sites (tertiary alicyclic amines) is 1. The molecular weight excluding hydrogens is 344 g/mol. The van der Waals surface area contributed by atoms with E-state index in [0.29, 0.717) is 12.5 Å². The van der Waals surface area contributed by atoms with Crippen LogP contribution >= 0.6 is 0 Å². The SMILES string of the molecule is CN(C)c1ccc2nnc(C3CCN(CCn4ccncc4=O)CC3)n2n1. The highest BCUT2D eigenvalue weighted by atomic mass is 16.1. The highest BCUT2D eigenvalue weighted by Gasteiger charge is 2.25. The van der Waals surface area contributed by atoms with Gasteiger partial charge in [0.2, 0.25) is 0 Å². The fraction of sp³-hybridized carbons (Fsp3) is 0.500. The Kier molecular flexibility index (Phi) is 4.85. The van der Waals surface area contributed by atoms with Crippen molar-refractivity contribution >= 4 is 11.5 Å². The maximum Gasteiger partial charge on any atom is 0.269 e. The van der Waals surface area contributed by atoms with Crippen molar-refractivity contribution in [2.75, 3.05) is 38.6 Å². The summed E-state index contributed by atoms with van der Waals surface area (Å²) in [4.78, 5) is 20.0. The molecule has 0 saturated carbocycles. The van der Waals surface area contributed by atoms with Crippen LogP contribution in [0.2, 0.25) is 0 Å². The van der Waals surface area contributed by atoms with E-state index >= 15 is 0 Å². The average molecular weight is 368 g/mol. The van der Waals surface area contributed by atoms with Crippen molar-refractivity contribution in [3.8, 4) is 0 Å². The normalized spacial score (nSPS) is 16.1. The quantitative estimate of drug-likeness (QED) is 0.653. The maximum atomic E-state index is 11.8. The van der Waals surface area contributed by atoms with E-state index in [4.69, 9.17) is 0 Å². The summed E-state index contributed by atoms with van der Waals surface area (Å²) < 4.78 is 3.59. The zero-order valence-electron chi connectivity index (χ0n) is 15.7. The number of nitrogens with zero attached hydrogens (tertiary/aromatic N) is 8. The summed E-state index contributed by atoms with van der Waals surface area (Å²) in [6.07, 6.45) is 6.78. The topological polar surface area (TPSA) is 84.5 Å². The number of aromatic nitrogens is 6. The van der Waals surface area contributed by atoms with Gasteiger partial charge in [0, 0.05) is 45.5 Å². The molecule has 0 unspecified atom stereocenters. The fourth-order valence-electron chi connectivity index (χ4n) is 3.51. The monoisotopic (exact) mass is 368 g/mol. The van der Waals surface area contributed by atoms with Gasteiger partial charge in [0.25, 0.3) is 5.56 Å². The summed E-state index contributed by atoms with van der Waals surface area (Å²) >= 11 is 0. The lowest BCUT2D eigenvalue weighted by molar-refractivity contribution is 0.201. The van der Waals surface area contributed by atoms with Crippen LogP contribution in [0.4, 0.5) is 5.82 Å². The van der Waals surface area contributed by atoms with E-state index in [-0.39, 0.29) is 5.56 Å². The minimum Gasteiger partial charge on any atom is -0.361 e. The Bertz CT molecular complexity index is 971. The van der Waals surface area contributed by atoms with Gasteiger partial charge < -0.3 is 14.4 Å². The van der Waals surface area contributed by atoms with Gasteiger partial charge in [-0.1, -0.05) is 0 Å². The summed E-state index contributed by atoms with van der Waals surface area (Å²) in [5.41, 5.74) is 0.736. The molecular formula is C18H24N8O. The zero-order valence-corrected chi connectivity index (χ0v) is 15.7. The molecule has 0 aliphatic carbocycles. The molecule has 0 aromatic carbocycles. The Morgan fingerprint density at radius 2 is 1.96 bits per heavy atom. The molecule has 9 heteroatoms. The van der Waals surface area contributed by atoms with Gasteiger partial charge in [-0.2, -0.15) is 4.52 Å². The minimum atomic E-state index is -0.0508. The molecule has 0 N–H and O–H groups in total. The summed E-state index contributed by atoms with van der Waals surface area (Å²) in [6.45, 7) is 3.51. The Morgan fingerprint density at radius 3 is 2.70 bits per heavy atom. The van der Waals surface area contributed by atoms with Gasteiger partial charge in [-0.3, -0.25) is 9.78 Å². The molecule has 27 heavy (non-hydrogen) atoms. The summed E-state index contributed by atoms with van der Waals surface area (Å²) in [5.74, 6) is 2.19. The van der Waals surface area contributed by atoms with Crippen LogP contribution in [-0.2, 0) is 6.54 Å². The smallest absolute Gasteiger partial charge is 0.269 e. The van der Waals surface area contributed by atoms with E-state index in [0.717, 1.165) is 49.8 Å². The number of anilines is 1. The predicted octanol–water partition coefficient (Wildman–Crippen LogP) is 0.627. The molecule has 0 amide bonds. The van der Waals surface area contributed by atoms with E-state index in [9.17, 15) is 4.79 Å². The molecule has 3 aromatic heterocycles. The standard InChI is InChI=1S/C18H24N8O/c1-23(2)16-4-3-15-20-21-18(26(15)22-16)14-5-8-24(9-6-14)11-12-25-10-7-19-13-17(25)27/h3-4,7,10,13-14H,5-6,8-9,11-12H2,1-2H3. The van der Waals surface area contributed by atoms with E-state index in [1.165, 1.54) is 6.20 Å². The highest BCUT2D eigenvalue weighted by Crippen LogP contribution is 2.27. The first-order valence-electron chi connectivity index (χ1n) is 9.24. The molecule has 1 fully saturated rings. The first-order chi connectivity index (χ1) is 13.1. The van der Waals surface area contributed by atoms with Crippen LogP contribution in [-0.4, -0.2) is 68.0 Å². The van der Waals surface area contributed by atoms with Gasteiger partial charge in [-0.05, 0) is 38.1 Å². The fourth-order valence-corrected chi connectivity index (χ4v) is 3.51. The number of rotatable bonds is 5. The third-order valence-corrected chi connectivity index (χ3v) is 5.14. The lowest BCUT2D eigenvalue weighted by Crippen LogP contribution is -2.37. The van der Waals surface area contributed by atoms with E-state index in [1.807, 2.05) is 35.6 Å². The Balaban J connectivity index is 1.40. The lowest BCUT2D eigenvalue weighted by Gasteiger charge is -2.31. The Morgan fingerprint density at radius 1 is 1.15 bits per heavy atom. The first-order valence-corrected chi connectivity index (χ1v) is 9.24. The second kappa shape index (κ2) is 7.43. The van der Waals surface area contributed by atoms with Crippen molar-refractivity contribution in [2.45, 2.75) is 25.3 Å². The van der Waals surface area contributed by atoms with Crippen LogP contribution in [0.25, 0.3) is 5.65 Å². The summed E-state index contributed by atoms with van der Waals surface area (Å²) in [5, 5.41) is 13.4. The third-order valence-electron chi connectivity index (χ3n) is 5.14. The third kappa shape index (κ3) is 3.68. The minimum absolute atomic E-state index is 0.0508. The summed E-state index contributed by atoms with van der Waals surface area (Å²) in [7, 11) is 3.95. The molecule has 1 aliphatic rings. The molecule has 1 saturated heterocycles. The van der Waals surface area contributed by atoms with Crippen LogP contribution in [0.3, 0.4) is 0 Å². The molecule has 4 heterocycles. The lowest BCUT2D eigenvalue weighted by atomic mass is 9.96. The van der Waals surface area contributed by atoms with Crippen molar-refractivity contribution in [2.24, 2.45) is 0 Å². The van der Waals surface area contributed by atoms with Gasteiger partial charge in [0.05, 0.1) is 6.20 Å². The number of hydrogen-bond acceptors (Lipinski definition) is 7. The van der Waals surface area contributed by atoms with Crippen LogP contribution < -0.4 is 10.5 Å². The van der Waals surface area contributed by atoms with Gasteiger partial charge in [0.15, 0.2) is 11.5 Å². The largest absolute Gasteiger partial charge is 0.361 e. The summed E-state index contributed by atoms with van der Waals surface area (Å²) in [6, 6.07) is 3.91. The van der Waals surface area contributed by atoms with Crippen molar-refractivity contribution in [1.29, 1.82) is 0 Å². The average Bonchev–Trinajstić information content (AvgIpc) is 3.11. The number of hydrogen-bond donors (Lipinski definition) is 0. The van der Waals surface area contributed by atoms with Crippen molar-refractivity contribution in [3.63, 3.8) is 0 Å². The van der Waals surface area contributed by atoms with Crippen molar-refractivity contribution in [3.05, 3.63) is 46.9 Å². The molecule has 0 spiro atoms. The molecule has 0 radical (unpaired) electrons. The number of fused-ring (bicyclic) bond motifs is 1. The van der Waals surface area contributed by atoms with Crippen LogP contribution in [0.5, 0.6) is 0 Å². The van der Waals surface area contributed by atoms with E-state index in [2.05, 4.69) is 25.2 Å². The van der Waals surface area contributed by atoms with Crippen LogP contribution in [0, 0.1) is 0 Å². The highest BCUT2D eigenvalue weighted by molar-refractivity contribution is 5.45. The van der Waals surface area contributed by atoms with E-state index < -0.39 is 0 Å². The molecule has 1 aliphatic heterocycles. The van der Waals surface area contributed by atoms with Crippen molar-refractivity contribution in [1.82, 2.24) is 34.3 Å². The van der Waals surface area contributed by atoms with Crippen molar-refractivity contribution < 1.29 is 0 Å². The molecule has 9 nitrogen and oxygen atoms in total. The Labute approximate surface area is 157 Å². The molecule has 3 aromatic rings.